The molecule has 1 saturated heterocycles. The third-order valence-electron chi connectivity index (χ3n) is 3.55. The Morgan fingerprint density at radius 3 is 2.32 bits per heavy atom. The van der Waals surface area contributed by atoms with Crippen LogP contribution in [0.1, 0.15) is 12.5 Å². The van der Waals surface area contributed by atoms with Crippen molar-refractivity contribution in [2.75, 3.05) is 5.43 Å². The van der Waals surface area contributed by atoms with E-state index in [1.807, 2.05) is 60.7 Å². The van der Waals surface area contributed by atoms with E-state index in [0.717, 1.165) is 11.3 Å². The van der Waals surface area contributed by atoms with Crippen LogP contribution in [0.4, 0.5) is 5.69 Å². The van der Waals surface area contributed by atoms with E-state index in [1.165, 1.54) is 5.01 Å². The number of carbonyl (C=O) groups excluding carboxylic acids is 1. The van der Waals surface area contributed by atoms with Crippen LogP contribution in [0.25, 0.3) is 0 Å². The highest BCUT2D eigenvalue weighted by Gasteiger charge is 2.48. The number of hydrazine groups is 1. The Kier molecular flexibility index (Phi) is 3.81. The average Bonchev–Trinajstić information content (AvgIpc) is 2.73. The van der Waals surface area contributed by atoms with Crippen LogP contribution in [0.5, 0.6) is 0 Å². The summed E-state index contributed by atoms with van der Waals surface area (Å²) in [7, 11) is 0. The summed E-state index contributed by atoms with van der Waals surface area (Å²) in [5, 5.41) is 1.44. The zero-order valence-electron chi connectivity index (χ0n) is 12.2. The van der Waals surface area contributed by atoms with Crippen LogP contribution >= 0.6 is 12.2 Å². The summed E-state index contributed by atoms with van der Waals surface area (Å²) < 4.78 is 5.70. The number of hydrogen-bond donors (Lipinski definition) is 1. The van der Waals surface area contributed by atoms with E-state index < -0.39 is 5.60 Å². The number of carbonyl (C=O) groups is 1. The highest BCUT2D eigenvalue weighted by molar-refractivity contribution is 7.80. The average molecular weight is 312 g/mol. The molecule has 1 fully saturated rings. The SMILES string of the molecule is CC1(Cc2ccccc2)OC(=S)N(Nc2ccccc2)C1=O. The van der Waals surface area contributed by atoms with Gasteiger partial charge in [-0.05, 0) is 36.8 Å². The minimum atomic E-state index is -0.986. The van der Waals surface area contributed by atoms with E-state index in [4.69, 9.17) is 17.0 Å². The Morgan fingerprint density at radius 1 is 1.09 bits per heavy atom. The van der Waals surface area contributed by atoms with E-state index >= 15 is 0 Å². The molecule has 1 aliphatic heterocycles. The fraction of sp³-hybridized carbons (Fsp3) is 0.176. The lowest BCUT2D eigenvalue weighted by Crippen LogP contribution is -2.42. The molecule has 0 bridgehead atoms. The van der Waals surface area contributed by atoms with Gasteiger partial charge in [0.25, 0.3) is 11.1 Å². The van der Waals surface area contributed by atoms with Gasteiger partial charge in [-0.15, -0.1) is 0 Å². The molecule has 1 atom stereocenters. The molecule has 0 radical (unpaired) electrons. The van der Waals surface area contributed by atoms with Crippen molar-refractivity contribution in [1.29, 1.82) is 0 Å². The number of amides is 1. The summed E-state index contributed by atoms with van der Waals surface area (Å²) in [6.07, 6.45) is 0.472. The summed E-state index contributed by atoms with van der Waals surface area (Å²) >= 11 is 5.20. The van der Waals surface area contributed by atoms with Crippen molar-refractivity contribution in [3.05, 3.63) is 66.2 Å². The summed E-state index contributed by atoms with van der Waals surface area (Å²) in [5.74, 6) is -0.190. The van der Waals surface area contributed by atoms with Crippen LogP contribution in [-0.4, -0.2) is 21.7 Å². The fourth-order valence-corrected chi connectivity index (χ4v) is 2.75. The fourth-order valence-electron chi connectivity index (χ4n) is 2.44. The predicted molar refractivity (Wildman–Crippen MR) is 89.1 cm³/mol. The molecule has 22 heavy (non-hydrogen) atoms. The maximum absolute atomic E-state index is 12.7. The molecule has 0 aromatic heterocycles. The Labute approximate surface area is 134 Å². The Balaban J connectivity index is 1.78. The van der Waals surface area contributed by atoms with Crippen LogP contribution in [0.15, 0.2) is 60.7 Å². The molecule has 1 amide bonds. The largest absolute Gasteiger partial charge is 0.453 e. The van der Waals surface area contributed by atoms with Crippen molar-refractivity contribution >= 4 is 29.0 Å². The predicted octanol–water partition coefficient (Wildman–Crippen LogP) is 3.16. The molecular formula is C17H16N2O2S. The third kappa shape index (κ3) is 2.80. The highest BCUT2D eigenvalue weighted by Crippen LogP contribution is 2.28. The van der Waals surface area contributed by atoms with E-state index in [0.29, 0.717) is 6.42 Å². The third-order valence-corrected chi connectivity index (χ3v) is 3.82. The van der Waals surface area contributed by atoms with Crippen molar-refractivity contribution in [2.45, 2.75) is 18.9 Å². The molecule has 1 aliphatic rings. The molecule has 0 spiro atoms. The molecule has 2 aromatic rings. The van der Waals surface area contributed by atoms with Gasteiger partial charge in [0.15, 0.2) is 5.60 Å². The first-order chi connectivity index (χ1) is 10.6. The Bertz CT molecular complexity index is 690. The van der Waals surface area contributed by atoms with Crippen molar-refractivity contribution in [3.8, 4) is 0 Å². The number of hydrogen-bond acceptors (Lipinski definition) is 4. The molecule has 0 saturated carbocycles. The first-order valence-corrected chi connectivity index (χ1v) is 7.42. The molecule has 5 heteroatoms. The minimum absolute atomic E-state index is 0.146. The van der Waals surface area contributed by atoms with Gasteiger partial charge in [-0.1, -0.05) is 48.5 Å². The van der Waals surface area contributed by atoms with E-state index in [-0.39, 0.29) is 11.1 Å². The van der Waals surface area contributed by atoms with Gasteiger partial charge in [-0.25, -0.2) is 0 Å². The summed E-state index contributed by atoms with van der Waals surface area (Å²) in [6, 6.07) is 19.2. The van der Waals surface area contributed by atoms with E-state index in [2.05, 4.69) is 5.43 Å². The van der Waals surface area contributed by atoms with Gasteiger partial charge in [0, 0.05) is 6.42 Å². The second kappa shape index (κ2) is 5.77. The van der Waals surface area contributed by atoms with Crippen LogP contribution in [0, 0.1) is 0 Å². The summed E-state index contributed by atoms with van der Waals surface area (Å²) in [6.45, 7) is 1.77. The van der Waals surface area contributed by atoms with Gasteiger partial charge in [0.05, 0.1) is 5.69 Å². The number of rotatable bonds is 4. The zero-order valence-corrected chi connectivity index (χ0v) is 13.0. The van der Waals surface area contributed by atoms with Crippen LogP contribution in [0.3, 0.4) is 0 Å². The van der Waals surface area contributed by atoms with Crippen LogP contribution < -0.4 is 5.43 Å². The molecule has 1 heterocycles. The van der Waals surface area contributed by atoms with E-state index in [1.54, 1.807) is 6.92 Å². The maximum atomic E-state index is 12.7. The summed E-state index contributed by atoms with van der Waals surface area (Å²) in [4.78, 5) is 12.7. The molecule has 4 nitrogen and oxygen atoms in total. The number of nitrogens with one attached hydrogen (secondary N) is 1. The smallest absolute Gasteiger partial charge is 0.293 e. The van der Waals surface area contributed by atoms with Crippen molar-refractivity contribution < 1.29 is 9.53 Å². The van der Waals surface area contributed by atoms with Crippen molar-refractivity contribution in [1.82, 2.24) is 5.01 Å². The van der Waals surface area contributed by atoms with Gasteiger partial charge in [-0.3, -0.25) is 10.2 Å². The second-order valence-electron chi connectivity index (χ2n) is 5.38. The number of benzene rings is 2. The molecule has 112 valence electrons. The second-order valence-corrected chi connectivity index (χ2v) is 5.73. The number of nitrogens with zero attached hydrogens (tertiary/aromatic N) is 1. The molecule has 2 aromatic carbocycles. The van der Waals surface area contributed by atoms with Gasteiger partial charge >= 0.3 is 0 Å². The highest BCUT2D eigenvalue weighted by atomic mass is 32.1. The lowest BCUT2D eigenvalue weighted by molar-refractivity contribution is -0.134. The number of para-hydroxylation sites is 1. The molecule has 1 unspecified atom stereocenters. The molecule has 0 aliphatic carbocycles. The number of anilines is 1. The van der Waals surface area contributed by atoms with Gasteiger partial charge in [0.1, 0.15) is 0 Å². The van der Waals surface area contributed by atoms with Crippen LogP contribution in [-0.2, 0) is 16.0 Å². The zero-order chi connectivity index (χ0) is 15.6. The maximum Gasteiger partial charge on any atom is 0.293 e. The number of thiocarbonyl (C=S) groups is 1. The van der Waals surface area contributed by atoms with Crippen LogP contribution in [0.2, 0.25) is 0 Å². The summed E-state index contributed by atoms with van der Waals surface area (Å²) in [5.41, 5.74) is 3.83. The van der Waals surface area contributed by atoms with Gasteiger partial charge in [-0.2, -0.15) is 5.01 Å². The van der Waals surface area contributed by atoms with Gasteiger partial charge < -0.3 is 4.74 Å². The molecule has 3 rings (SSSR count). The standard InChI is InChI=1S/C17H16N2O2S/c1-17(12-13-8-4-2-5-9-13)15(20)19(16(22)21-17)18-14-10-6-3-7-11-14/h2-11,18H,12H2,1H3. The lowest BCUT2D eigenvalue weighted by Gasteiger charge is -2.20. The van der Waals surface area contributed by atoms with Crippen molar-refractivity contribution in [2.24, 2.45) is 0 Å². The Hall–Kier alpha value is -2.40. The first kappa shape index (κ1) is 14.5. The Morgan fingerprint density at radius 2 is 1.68 bits per heavy atom. The van der Waals surface area contributed by atoms with Gasteiger partial charge in [0.2, 0.25) is 0 Å². The quantitative estimate of drug-likeness (QED) is 0.881. The normalized spacial score (nSPS) is 20.9. The number of ether oxygens (including phenoxy) is 1. The first-order valence-electron chi connectivity index (χ1n) is 7.02. The monoisotopic (exact) mass is 312 g/mol. The molecular weight excluding hydrogens is 296 g/mol. The van der Waals surface area contributed by atoms with Crippen molar-refractivity contribution in [3.63, 3.8) is 0 Å². The molecule has 1 N–H and O–H groups in total. The lowest BCUT2D eigenvalue weighted by atomic mass is 9.96. The minimum Gasteiger partial charge on any atom is -0.453 e. The topological polar surface area (TPSA) is 41.6 Å². The van der Waals surface area contributed by atoms with E-state index in [9.17, 15) is 4.79 Å².